The number of anilines is 1. The summed E-state index contributed by atoms with van der Waals surface area (Å²) in [5.41, 5.74) is -2.09. The molecule has 4 nitrogen and oxygen atoms in total. The van der Waals surface area contributed by atoms with Crippen LogP contribution in [0.25, 0.3) is 0 Å². The molecule has 3 aromatic carbocycles. The van der Waals surface area contributed by atoms with Crippen molar-refractivity contribution in [3.63, 3.8) is 0 Å². The molecule has 3 aromatic rings. The first-order chi connectivity index (χ1) is 14.2. The minimum atomic E-state index is -5.35. The first-order valence-corrected chi connectivity index (χ1v) is 9.17. The van der Waals surface area contributed by atoms with E-state index in [0.717, 1.165) is 23.3 Å². The molecule has 156 valence electrons. The summed E-state index contributed by atoms with van der Waals surface area (Å²) in [6.45, 7) is 0.995. The molecular formula is C23H20F3NO3. The Morgan fingerprint density at radius 3 is 1.57 bits per heavy atom. The van der Waals surface area contributed by atoms with Gasteiger partial charge in [-0.15, -0.1) is 0 Å². The maximum atomic E-state index is 13.2. The molecule has 0 amide bonds. The van der Waals surface area contributed by atoms with Gasteiger partial charge in [0.05, 0.1) is 0 Å². The molecule has 0 aromatic heterocycles. The Bertz CT molecular complexity index is 935. The zero-order chi connectivity index (χ0) is 21.8. The van der Waals surface area contributed by atoms with Crippen molar-refractivity contribution in [2.24, 2.45) is 0 Å². The van der Waals surface area contributed by atoms with Gasteiger partial charge >= 0.3 is 12.1 Å². The van der Waals surface area contributed by atoms with Crippen LogP contribution in [-0.2, 0) is 23.5 Å². The molecule has 0 aliphatic rings. The summed E-state index contributed by atoms with van der Waals surface area (Å²) in [5.74, 6) is -2.37. The van der Waals surface area contributed by atoms with E-state index < -0.39 is 23.3 Å². The molecule has 0 spiro atoms. The van der Waals surface area contributed by atoms with Gasteiger partial charge in [-0.05, 0) is 23.3 Å². The first kappa shape index (κ1) is 21.4. The Kier molecular flexibility index (Phi) is 6.12. The van der Waals surface area contributed by atoms with Crippen molar-refractivity contribution in [1.29, 1.82) is 0 Å². The minimum Gasteiger partial charge on any atom is -0.479 e. The van der Waals surface area contributed by atoms with Gasteiger partial charge in [-0.2, -0.15) is 13.2 Å². The van der Waals surface area contributed by atoms with Crippen molar-refractivity contribution in [1.82, 2.24) is 0 Å². The second kappa shape index (κ2) is 8.59. The Morgan fingerprint density at radius 2 is 1.20 bits per heavy atom. The van der Waals surface area contributed by atoms with Crippen molar-refractivity contribution >= 4 is 11.7 Å². The van der Waals surface area contributed by atoms with E-state index in [1.165, 1.54) is 12.1 Å². The highest BCUT2D eigenvalue weighted by molar-refractivity contribution is 5.80. The van der Waals surface area contributed by atoms with Gasteiger partial charge in [0.1, 0.15) is 0 Å². The molecule has 0 fully saturated rings. The van der Waals surface area contributed by atoms with Crippen LogP contribution in [0.15, 0.2) is 84.9 Å². The van der Waals surface area contributed by atoms with Crippen molar-refractivity contribution < 1.29 is 28.2 Å². The van der Waals surface area contributed by atoms with Gasteiger partial charge in [0.15, 0.2) is 0 Å². The van der Waals surface area contributed by atoms with Crippen molar-refractivity contribution in [2.45, 2.75) is 24.9 Å². The number of carboxylic acid groups (broad SMARTS) is 1. The first-order valence-electron chi connectivity index (χ1n) is 9.17. The minimum absolute atomic E-state index is 0.498. The normalized spacial score (nSPS) is 13.5. The molecule has 1 atom stereocenters. The Hall–Kier alpha value is -3.32. The average Bonchev–Trinajstić information content (AvgIpc) is 2.73. The SMILES string of the molecule is O=C(O)C(O)(c1ccc(N(Cc2ccccc2)Cc2ccccc2)cc1)C(F)(F)F. The summed E-state index contributed by atoms with van der Waals surface area (Å²) in [4.78, 5) is 13.1. The number of benzene rings is 3. The van der Waals surface area contributed by atoms with Crippen LogP contribution in [0.1, 0.15) is 16.7 Å². The van der Waals surface area contributed by atoms with Crippen LogP contribution in [0.5, 0.6) is 0 Å². The fraction of sp³-hybridized carbons (Fsp3) is 0.174. The lowest BCUT2D eigenvalue weighted by atomic mass is 9.93. The molecule has 0 bridgehead atoms. The van der Waals surface area contributed by atoms with Gasteiger partial charge in [0, 0.05) is 24.3 Å². The topological polar surface area (TPSA) is 60.8 Å². The van der Waals surface area contributed by atoms with Gasteiger partial charge in [0.25, 0.3) is 5.60 Å². The maximum Gasteiger partial charge on any atom is 0.432 e. The lowest BCUT2D eigenvalue weighted by molar-refractivity contribution is -0.265. The van der Waals surface area contributed by atoms with E-state index >= 15 is 0 Å². The van der Waals surface area contributed by atoms with E-state index in [1.807, 2.05) is 65.6 Å². The third kappa shape index (κ3) is 4.46. The van der Waals surface area contributed by atoms with E-state index in [-0.39, 0.29) is 0 Å². The summed E-state index contributed by atoms with van der Waals surface area (Å²) in [6, 6.07) is 23.9. The standard InChI is InChI=1S/C23H20F3NO3/c24-23(25,26)22(30,21(28)29)19-11-13-20(14-12-19)27(15-17-7-3-1-4-8-17)16-18-9-5-2-6-10-18/h1-14,30H,15-16H2,(H,28,29). The lowest BCUT2D eigenvalue weighted by Crippen LogP contribution is -2.49. The smallest absolute Gasteiger partial charge is 0.432 e. The van der Waals surface area contributed by atoms with Crippen molar-refractivity contribution in [2.75, 3.05) is 4.90 Å². The fourth-order valence-corrected chi connectivity index (χ4v) is 3.17. The highest BCUT2D eigenvalue weighted by Crippen LogP contribution is 2.39. The number of halogens is 3. The van der Waals surface area contributed by atoms with E-state index in [0.29, 0.717) is 18.8 Å². The number of alkyl halides is 3. The Morgan fingerprint density at radius 1 is 0.767 bits per heavy atom. The van der Waals surface area contributed by atoms with E-state index in [1.54, 1.807) is 0 Å². The van der Waals surface area contributed by atoms with Crippen molar-refractivity contribution in [3.05, 3.63) is 102 Å². The fourth-order valence-electron chi connectivity index (χ4n) is 3.17. The molecule has 1 unspecified atom stereocenters. The largest absolute Gasteiger partial charge is 0.479 e. The molecule has 0 radical (unpaired) electrons. The number of hydrogen-bond donors (Lipinski definition) is 2. The predicted molar refractivity (Wildman–Crippen MR) is 107 cm³/mol. The molecule has 7 heteroatoms. The molecule has 2 N–H and O–H groups in total. The van der Waals surface area contributed by atoms with Crippen LogP contribution in [-0.4, -0.2) is 22.4 Å². The summed E-state index contributed by atoms with van der Waals surface area (Å²) in [6.07, 6.45) is -5.35. The zero-order valence-corrected chi connectivity index (χ0v) is 15.9. The third-order valence-corrected chi connectivity index (χ3v) is 4.80. The van der Waals surface area contributed by atoms with Crippen LogP contribution in [0.4, 0.5) is 18.9 Å². The molecular weight excluding hydrogens is 395 g/mol. The summed E-state index contributed by atoms with van der Waals surface area (Å²) >= 11 is 0. The van der Waals surface area contributed by atoms with Gasteiger partial charge in [-0.25, -0.2) is 4.79 Å². The summed E-state index contributed by atoms with van der Waals surface area (Å²) < 4.78 is 39.7. The highest BCUT2D eigenvalue weighted by Gasteiger charge is 2.61. The number of carboxylic acids is 1. The van der Waals surface area contributed by atoms with Crippen molar-refractivity contribution in [3.8, 4) is 0 Å². The number of aliphatic hydroxyl groups is 1. The number of carbonyl (C=O) groups is 1. The molecule has 3 rings (SSSR count). The second-order valence-corrected chi connectivity index (χ2v) is 6.89. The van der Waals surface area contributed by atoms with Gasteiger partial charge < -0.3 is 15.1 Å². The van der Waals surface area contributed by atoms with Crippen LogP contribution in [0.2, 0.25) is 0 Å². The van der Waals surface area contributed by atoms with Gasteiger partial charge in [-0.1, -0.05) is 72.8 Å². The second-order valence-electron chi connectivity index (χ2n) is 6.89. The Balaban J connectivity index is 1.94. The molecule has 0 aliphatic carbocycles. The van der Waals surface area contributed by atoms with Gasteiger partial charge in [-0.3, -0.25) is 0 Å². The number of hydrogen-bond acceptors (Lipinski definition) is 3. The number of aliphatic carboxylic acids is 1. The predicted octanol–water partition coefficient (Wildman–Crippen LogP) is 4.73. The monoisotopic (exact) mass is 415 g/mol. The van der Waals surface area contributed by atoms with Crippen LogP contribution >= 0.6 is 0 Å². The Labute approximate surface area is 171 Å². The van der Waals surface area contributed by atoms with Crippen LogP contribution in [0.3, 0.4) is 0 Å². The van der Waals surface area contributed by atoms with Gasteiger partial charge in [0.2, 0.25) is 0 Å². The van der Waals surface area contributed by atoms with Crippen LogP contribution < -0.4 is 4.90 Å². The summed E-state index contributed by atoms with van der Waals surface area (Å²) in [5, 5.41) is 18.9. The van der Waals surface area contributed by atoms with E-state index in [4.69, 9.17) is 5.11 Å². The summed E-state index contributed by atoms with van der Waals surface area (Å²) in [7, 11) is 0. The number of rotatable bonds is 7. The third-order valence-electron chi connectivity index (χ3n) is 4.80. The maximum absolute atomic E-state index is 13.2. The molecule has 0 aliphatic heterocycles. The van der Waals surface area contributed by atoms with Crippen LogP contribution in [0, 0.1) is 0 Å². The molecule has 0 saturated carbocycles. The average molecular weight is 415 g/mol. The quantitative estimate of drug-likeness (QED) is 0.586. The number of nitrogens with zero attached hydrogens (tertiary/aromatic N) is 1. The van der Waals surface area contributed by atoms with E-state index in [2.05, 4.69) is 0 Å². The molecule has 30 heavy (non-hydrogen) atoms. The van der Waals surface area contributed by atoms with E-state index in [9.17, 15) is 23.1 Å². The lowest BCUT2D eigenvalue weighted by Gasteiger charge is -2.28. The highest BCUT2D eigenvalue weighted by atomic mass is 19.4. The molecule has 0 saturated heterocycles. The molecule has 0 heterocycles. The zero-order valence-electron chi connectivity index (χ0n) is 15.9.